The van der Waals surface area contributed by atoms with Crippen LogP contribution in [0.2, 0.25) is 0 Å². The van der Waals surface area contributed by atoms with Crippen molar-refractivity contribution in [1.82, 2.24) is 40.5 Å². The lowest BCUT2D eigenvalue weighted by Crippen LogP contribution is -2.53. The average Bonchev–Trinajstić information content (AvgIpc) is 3.52. The molecule has 31 heavy (non-hydrogen) atoms. The molecule has 2 aromatic heterocycles. The molecule has 1 aromatic carbocycles. The number of hydrazine groups is 1. The van der Waals surface area contributed by atoms with E-state index in [1.807, 2.05) is 11.0 Å². The molecule has 2 saturated heterocycles. The van der Waals surface area contributed by atoms with E-state index in [1.54, 1.807) is 23.1 Å². The zero-order chi connectivity index (χ0) is 21.2. The Morgan fingerprint density at radius 2 is 1.77 bits per heavy atom. The number of amides is 1. The Morgan fingerprint density at radius 3 is 2.52 bits per heavy atom. The summed E-state index contributed by atoms with van der Waals surface area (Å²) in [5.74, 6) is 1.25. The van der Waals surface area contributed by atoms with Gasteiger partial charge in [0.1, 0.15) is 36.7 Å². The number of aromatic nitrogens is 5. The quantitative estimate of drug-likeness (QED) is 0.624. The first kappa shape index (κ1) is 19.5. The number of nitrogens with one attached hydrogen (secondary N) is 2. The Labute approximate surface area is 178 Å². The van der Waals surface area contributed by atoms with E-state index < -0.39 is 0 Å². The highest BCUT2D eigenvalue weighted by Crippen LogP contribution is 2.24. The molecule has 2 aliphatic rings. The Morgan fingerprint density at radius 1 is 1.00 bits per heavy atom. The van der Waals surface area contributed by atoms with Crippen LogP contribution in [0.3, 0.4) is 0 Å². The Kier molecular flexibility index (Phi) is 5.26. The fourth-order valence-electron chi connectivity index (χ4n) is 3.97. The normalized spacial score (nSPS) is 21.5. The SMILES string of the molecule is O=C(C1CC(c2ccc(F)cc2)NN1)N1CCN(c2cc(-n3cncn3)ncn2)CC1. The molecule has 1 amide bonds. The zero-order valence-corrected chi connectivity index (χ0v) is 16.7. The Bertz CT molecular complexity index is 1040. The van der Waals surface area contributed by atoms with Crippen molar-refractivity contribution in [3.63, 3.8) is 0 Å². The van der Waals surface area contributed by atoms with E-state index in [2.05, 4.69) is 35.8 Å². The first-order chi connectivity index (χ1) is 15.2. The van der Waals surface area contributed by atoms with Gasteiger partial charge in [0.2, 0.25) is 5.91 Å². The first-order valence-electron chi connectivity index (χ1n) is 10.1. The molecule has 0 spiro atoms. The minimum absolute atomic E-state index is 0.0212. The summed E-state index contributed by atoms with van der Waals surface area (Å²) in [6, 6.07) is 7.90. The zero-order valence-electron chi connectivity index (χ0n) is 16.7. The lowest BCUT2D eigenvalue weighted by molar-refractivity contribution is -0.133. The third-order valence-corrected chi connectivity index (χ3v) is 5.68. The highest BCUT2D eigenvalue weighted by atomic mass is 19.1. The first-order valence-corrected chi connectivity index (χ1v) is 10.1. The maximum Gasteiger partial charge on any atom is 0.241 e. The van der Waals surface area contributed by atoms with Crippen molar-refractivity contribution < 1.29 is 9.18 Å². The van der Waals surface area contributed by atoms with Gasteiger partial charge in [0.05, 0.1) is 0 Å². The summed E-state index contributed by atoms with van der Waals surface area (Å²) < 4.78 is 14.7. The largest absolute Gasteiger partial charge is 0.353 e. The number of hydrogen-bond donors (Lipinski definition) is 2. The van der Waals surface area contributed by atoms with Gasteiger partial charge >= 0.3 is 0 Å². The van der Waals surface area contributed by atoms with Crippen molar-refractivity contribution in [2.45, 2.75) is 18.5 Å². The lowest BCUT2D eigenvalue weighted by Gasteiger charge is -2.36. The van der Waals surface area contributed by atoms with Crippen molar-refractivity contribution >= 4 is 11.7 Å². The second-order valence-corrected chi connectivity index (χ2v) is 7.57. The fourth-order valence-corrected chi connectivity index (χ4v) is 3.97. The molecular weight excluding hydrogens is 401 g/mol. The van der Waals surface area contributed by atoms with Crippen molar-refractivity contribution in [2.24, 2.45) is 0 Å². The van der Waals surface area contributed by atoms with Crippen LogP contribution in [0.1, 0.15) is 18.0 Å². The standard InChI is InChI=1S/C20H22FN9O/c21-15-3-1-14(2-4-15)16-9-17(27-26-16)20(31)29-7-5-28(6-8-29)18-10-19(24-12-23-18)30-13-22-11-25-30/h1-4,10-13,16-17,26-27H,5-9H2. The van der Waals surface area contributed by atoms with Crippen LogP contribution >= 0.6 is 0 Å². The van der Waals surface area contributed by atoms with Gasteiger partial charge < -0.3 is 9.80 Å². The second-order valence-electron chi connectivity index (χ2n) is 7.57. The van der Waals surface area contributed by atoms with Gasteiger partial charge in [0, 0.05) is 38.3 Å². The van der Waals surface area contributed by atoms with Crippen LogP contribution in [0.4, 0.5) is 10.2 Å². The highest BCUT2D eigenvalue weighted by Gasteiger charge is 2.34. The minimum Gasteiger partial charge on any atom is -0.353 e. The van der Waals surface area contributed by atoms with E-state index in [-0.39, 0.29) is 23.8 Å². The summed E-state index contributed by atoms with van der Waals surface area (Å²) in [7, 11) is 0. The van der Waals surface area contributed by atoms with Crippen LogP contribution in [-0.2, 0) is 4.79 Å². The van der Waals surface area contributed by atoms with E-state index in [0.29, 0.717) is 38.4 Å². The molecule has 0 radical (unpaired) electrons. The summed E-state index contributed by atoms with van der Waals surface area (Å²) in [4.78, 5) is 29.5. The van der Waals surface area contributed by atoms with Crippen LogP contribution < -0.4 is 15.8 Å². The van der Waals surface area contributed by atoms with Gasteiger partial charge in [0.15, 0.2) is 5.82 Å². The van der Waals surface area contributed by atoms with Gasteiger partial charge in [-0.25, -0.2) is 34.9 Å². The summed E-state index contributed by atoms with van der Waals surface area (Å²) in [5.41, 5.74) is 7.21. The molecule has 2 unspecified atom stereocenters. The molecule has 3 aromatic rings. The number of benzene rings is 1. The van der Waals surface area contributed by atoms with Crippen LogP contribution in [0.25, 0.3) is 5.82 Å². The van der Waals surface area contributed by atoms with E-state index in [0.717, 1.165) is 11.4 Å². The molecular formula is C20H22FN9O. The van der Waals surface area contributed by atoms with Gasteiger partial charge in [-0.2, -0.15) is 5.10 Å². The number of halogens is 1. The monoisotopic (exact) mass is 423 g/mol. The average molecular weight is 423 g/mol. The maximum absolute atomic E-state index is 13.2. The molecule has 2 aliphatic heterocycles. The molecule has 0 saturated carbocycles. The predicted molar refractivity (Wildman–Crippen MR) is 110 cm³/mol. The molecule has 4 heterocycles. The number of hydrogen-bond acceptors (Lipinski definition) is 8. The minimum atomic E-state index is -0.306. The van der Waals surface area contributed by atoms with Crippen molar-refractivity contribution in [3.8, 4) is 5.82 Å². The molecule has 2 fully saturated rings. The molecule has 2 atom stereocenters. The Hall–Kier alpha value is -3.44. The van der Waals surface area contributed by atoms with Gasteiger partial charge in [-0.15, -0.1) is 0 Å². The van der Waals surface area contributed by atoms with Gasteiger partial charge in [-0.3, -0.25) is 4.79 Å². The van der Waals surface area contributed by atoms with Crippen molar-refractivity contribution in [1.29, 1.82) is 0 Å². The van der Waals surface area contributed by atoms with E-state index in [1.165, 1.54) is 24.8 Å². The number of anilines is 1. The summed E-state index contributed by atoms with van der Waals surface area (Å²) in [5, 5.41) is 4.10. The highest BCUT2D eigenvalue weighted by molar-refractivity contribution is 5.82. The van der Waals surface area contributed by atoms with Gasteiger partial charge in [-0.05, 0) is 24.1 Å². The van der Waals surface area contributed by atoms with Crippen molar-refractivity contribution in [2.75, 3.05) is 31.1 Å². The van der Waals surface area contributed by atoms with Gasteiger partial charge in [0.25, 0.3) is 0 Å². The third kappa shape index (κ3) is 4.09. The number of carbonyl (C=O) groups is 1. The van der Waals surface area contributed by atoms with Crippen LogP contribution in [-0.4, -0.2) is 67.8 Å². The van der Waals surface area contributed by atoms with E-state index in [9.17, 15) is 9.18 Å². The second kappa shape index (κ2) is 8.36. The summed E-state index contributed by atoms with van der Waals surface area (Å²) in [6.45, 7) is 2.59. The smallest absolute Gasteiger partial charge is 0.241 e. The lowest BCUT2D eigenvalue weighted by atomic mass is 10.0. The Balaban J connectivity index is 1.18. The van der Waals surface area contributed by atoms with Crippen molar-refractivity contribution in [3.05, 3.63) is 60.7 Å². The van der Waals surface area contributed by atoms with E-state index >= 15 is 0 Å². The summed E-state index contributed by atoms with van der Waals surface area (Å²) >= 11 is 0. The molecule has 2 N–H and O–H groups in total. The number of rotatable bonds is 4. The van der Waals surface area contributed by atoms with Gasteiger partial charge in [-0.1, -0.05) is 12.1 Å². The molecule has 0 bridgehead atoms. The molecule has 0 aliphatic carbocycles. The van der Waals surface area contributed by atoms with Crippen LogP contribution in [0, 0.1) is 5.82 Å². The number of carbonyl (C=O) groups excluding carboxylic acids is 1. The molecule has 5 rings (SSSR count). The topological polar surface area (TPSA) is 104 Å². The fraction of sp³-hybridized carbons (Fsp3) is 0.350. The molecule has 11 heteroatoms. The van der Waals surface area contributed by atoms with Crippen LogP contribution in [0.15, 0.2) is 49.3 Å². The molecule has 160 valence electrons. The summed E-state index contributed by atoms with van der Waals surface area (Å²) in [6.07, 6.45) is 5.18. The maximum atomic E-state index is 13.2. The molecule has 10 nitrogen and oxygen atoms in total. The third-order valence-electron chi connectivity index (χ3n) is 5.68. The number of piperazine rings is 1. The number of nitrogens with zero attached hydrogens (tertiary/aromatic N) is 7. The van der Waals surface area contributed by atoms with Crippen LogP contribution in [0.5, 0.6) is 0 Å². The van der Waals surface area contributed by atoms with E-state index in [4.69, 9.17) is 0 Å². The predicted octanol–water partition coefficient (Wildman–Crippen LogP) is 0.453.